The van der Waals surface area contributed by atoms with Crippen molar-refractivity contribution < 1.29 is 0 Å². The van der Waals surface area contributed by atoms with Crippen LogP contribution in [0.25, 0.3) is 5.70 Å². The number of nitrogens with zero attached hydrogens (tertiary/aromatic N) is 1. The number of rotatable bonds is 2. The van der Waals surface area contributed by atoms with Gasteiger partial charge in [-0.15, -0.1) is 11.3 Å². The predicted octanol–water partition coefficient (Wildman–Crippen LogP) is 1.62. The number of nitrogens with one attached hydrogen (secondary N) is 1. The van der Waals surface area contributed by atoms with Gasteiger partial charge in [0.1, 0.15) is 0 Å². The third kappa shape index (κ3) is 1.92. The number of piperazine rings is 1. The van der Waals surface area contributed by atoms with E-state index in [9.17, 15) is 0 Å². The standard InChI is InChI=1S/C10H14N2S/c1-9(10-3-2-8-13-10)12-6-4-11-5-7-12/h2-3,8,11H,1,4-7H2. The summed E-state index contributed by atoms with van der Waals surface area (Å²) in [4.78, 5) is 3.64. The molecule has 1 N–H and O–H groups in total. The maximum Gasteiger partial charge on any atom is 0.0497 e. The molecule has 2 nitrogen and oxygen atoms in total. The van der Waals surface area contributed by atoms with E-state index >= 15 is 0 Å². The molecule has 0 saturated carbocycles. The molecular formula is C10H14N2S. The zero-order valence-electron chi connectivity index (χ0n) is 7.62. The van der Waals surface area contributed by atoms with Crippen LogP contribution in [0.2, 0.25) is 0 Å². The average molecular weight is 194 g/mol. The van der Waals surface area contributed by atoms with Crippen molar-refractivity contribution in [2.75, 3.05) is 26.2 Å². The second-order valence-corrected chi connectivity index (χ2v) is 4.11. The lowest BCUT2D eigenvalue weighted by Gasteiger charge is -2.30. The normalized spacial score (nSPS) is 17.4. The molecule has 1 saturated heterocycles. The van der Waals surface area contributed by atoms with E-state index in [1.165, 1.54) is 10.6 Å². The minimum absolute atomic E-state index is 1.07. The van der Waals surface area contributed by atoms with E-state index < -0.39 is 0 Å². The van der Waals surface area contributed by atoms with Gasteiger partial charge in [-0.05, 0) is 11.4 Å². The lowest BCUT2D eigenvalue weighted by Crippen LogP contribution is -2.42. The SMILES string of the molecule is C=C(c1cccs1)N1CCNCC1. The van der Waals surface area contributed by atoms with E-state index in [4.69, 9.17) is 0 Å². The quantitative estimate of drug-likeness (QED) is 0.769. The molecular weight excluding hydrogens is 180 g/mol. The molecule has 0 atom stereocenters. The van der Waals surface area contributed by atoms with Crippen LogP contribution in [0.4, 0.5) is 0 Å². The van der Waals surface area contributed by atoms with Crippen LogP contribution in [0.1, 0.15) is 4.88 Å². The second-order valence-electron chi connectivity index (χ2n) is 3.16. The van der Waals surface area contributed by atoms with Crippen LogP contribution in [0.5, 0.6) is 0 Å². The molecule has 0 aliphatic carbocycles. The summed E-state index contributed by atoms with van der Waals surface area (Å²) >= 11 is 1.76. The van der Waals surface area contributed by atoms with Gasteiger partial charge in [0.2, 0.25) is 0 Å². The zero-order valence-corrected chi connectivity index (χ0v) is 8.44. The van der Waals surface area contributed by atoms with Gasteiger partial charge in [0, 0.05) is 36.8 Å². The lowest BCUT2D eigenvalue weighted by atomic mass is 10.3. The Hall–Kier alpha value is -0.800. The van der Waals surface area contributed by atoms with Gasteiger partial charge >= 0.3 is 0 Å². The molecule has 0 unspecified atom stereocenters. The Morgan fingerprint density at radius 2 is 2.23 bits per heavy atom. The predicted molar refractivity (Wildman–Crippen MR) is 57.8 cm³/mol. The van der Waals surface area contributed by atoms with Crippen molar-refractivity contribution in [1.82, 2.24) is 10.2 Å². The first kappa shape index (κ1) is 8.78. The van der Waals surface area contributed by atoms with Crippen LogP contribution in [-0.2, 0) is 0 Å². The van der Waals surface area contributed by atoms with Crippen LogP contribution in [0, 0.1) is 0 Å². The van der Waals surface area contributed by atoms with E-state index in [-0.39, 0.29) is 0 Å². The van der Waals surface area contributed by atoms with Gasteiger partial charge in [-0.25, -0.2) is 0 Å². The maximum atomic E-state index is 4.13. The Labute approximate surface area is 82.9 Å². The first-order valence-electron chi connectivity index (χ1n) is 4.56. The van der Waals surface area contributed by atoms with Crippen molar-refractivity contribution in [3.8, 4) is 0 Å². The zero-order chi connectivity index (χ0) is 9.10. The average Bonchev–Trinajstić information content (AvgIpc) is 2.71. The molecule has 0 aromatic carbocycles. The van der Waals surface area contributed by atoms with Crippen LogP contribution in [0.15, 0.2) is 24.1 Å². The van der Waals surface area contributed by atoms with Crippen molar-refractivity contribution in [2.24, 2.45) is 0 Å². The number of hydrogen-bond acceptors (Lipinski definition) is 3. The van der Waals surface area contributed by atoms with Crippen molar-refractivity contribution in [3.63, 3.8) is 0 Å². The molecule has 70 valence electrons. The Morgan fingerprint density at radius 3 is 2.85 bits per heavy atom. The molecule has 2 heterocycles. The molecule has 0 amide bonds. The first-order valence-corrected chi connectivity index (χ1v) is 5.44. The summed E-state index contributed by atoms with van der Waals surface area (Å²) in [6.45, 7) is 8.44. The summed E-state index contributed by atoms with van der Waals surface area (Å²) in [7, 11) is 0. The molecule has 1 aromatic rings. The van der Waals surface area contributed by atoms with Crippen LogP contribution < -0.4 is 5.32 Å². The maximum absolute atomic E-state index is 4.13. The monoisotopic (exact) mass is 194 g/mol. The summed E-state index contributed by atoms with van der Waals surface area (Å²) in [5.74, 6) is 0. The third-order valence-corrected chi connectivity index (χ3v) is 3.22. The fourth-order valence-electron chi connectivity index (χ4n) is 1.53. The smallest absolute Gasteiger partial charge is 0.0497 e. The van der Waals surface area contributed by atoms with Gasteiger partial charge in [0.15, 0.2) is 0 Å². The van der Waals surface area contributed by atoms with Crippen molar-refractivity contribution in [3.05, 3.63) is 29.0 Å². The lowest BCUT2D eigenvalue weighted by molar-refractivity contribution is 0.342. The minimum atomic E-state index is 1.07. The topological polar surface area (TPSA) is 15.3 Å². The van der Waals surface area contributed by atoms with Crippen molar-refractivity contribution in [2.45, 2.75) is 0 Å². The molecule has 0 spiro atoms. The Kier molecular flexibility index (Phi) is 2.66. The fourth-order valence-corrected chi connectivity index (χ4v) is 2.26. The Morgan fingerprint density at radius 1 is 1.46 bits per heavy atom. The van der Waals surface area contributed by atoms with Crippen LogP contribution in [0.3, 0.4) is 0 Å². The largest absolute Gasteiger partial charge is 0.368 e. The molecule has 0 bridgehead atoms. The van der Waals surface area contributed by atoms with Crippen molar-refractivity contribution >= 4 is 17.0 Å². The van der Waals surface area contributed by atoms with Gasteiger partial charge in [-0.2, -0.15) is 0 Å². The number of thiophene rings is 1. The summed E-state index contributed by atoms with van der Waals surface area (Å²) < 4.78 is 0. The highest BCUT2D eigenvalue weighted by Gasteiger charge is 2.12. The molecule has 3 heteroatoms. The summed E-state index contributed by atoms with van der Waals surface area (Å²) in [5, 5.41) is 5.44. The molecule has 1 aliphatic heterocycles. The third-order valence-electron chi connectivity index (χ3n) is 2.30. The molecule has 1 aromatic heterocycles. The van der Waals surface area contributed by atoms with Gasteiger partial charge in [0.25, 0.3) is 0 Å². The highest BCUT2D eigenvalue weighted by molar-refractivity contribution is 7.11. The van der Waals surface area contributed by atoms with E-state index in [1.807, 2.05) is 0 Å². The highest BCUT2D eigenvalue weighted by Crippen LogP contribution is 2.21. The summed E-state index contributed by atoms with van der Waals surface area (Å²) in [5.41, 5.74) is 1.18. The second kappa shape index (κ2) is 3.94. The van der Waals surface area contributed by atoms with Gasteiger partial charge < -0.3 is 10.2 Å². The molecule has 1 fully saturated rings. The molecule has 1 aliphatic rings. The van der Waals surface area contributed by atoms with E-state index in [0.717, 1.165) is 26.2 Å². The Balaban J connectivity index is 2.04. The molecule has 0 radical (unpaired) electrons. The van der Waals surface area contributed by atoms with E-state index in [2.05, 4.69) is 34.3 Å². The van der Waals surface area contributed by atoms with Crippen LogP contribution >= 0.6 is 11.3 Å². The molecule has 13 heavy (non-hydrogen) atoms. The van der Waals surface area contributed by atoms with Gasteiger partial charge in [-0.3, -0.25) is 0 Å². The molecule has 2 rings (SSSR count). The van der Waals surface area contributed by atoms with E-state index in [1.54, 1.807) is 11.3 Å². The van der Waals surface area contributed by atoms with E-state index in [0.29, 0.717) is 0 Å². The van der Waals surface area contributed by atoms with Crippen molar-refractivity contribution in [1.29, 1.82) is 0 Å². The van der Waals surface area contributed by atoms with Gasteiger partial charge in [0.05, 0.1) is 0 Å². The minimum Gasteiger partial charge on any atom is -0.368 e. The Bertz CT molecular complexity index is 273. The first-order chi connectivity index (χ1) is 6.38. The van der Waals surface area contributed by atoms with Crippen LogP contribution in [-0.4, -0.2) is 31.1 Å². The fraction of sp³-hybridized carbons (Fsp3) is 0.400. The number of hydrogen-bond donors (Lipinski definition) is 1. The highest BCUT2D eigenvalue weighted by atomic mass is 32.1. The van der Waals surface area contributed by atoms with Gasteiger partial charge in [-0.1, -0.05) is 12.6 Å². The summed E-state index contributed by atoms with van der Waals surface area (Å²) in [6.07, 6.45) is 0. The summed E-state index contributed by atoms with van der Waals surface area (Å²) in [6, 6.07) is 4.21.